The van der Waals surface area contributed by atoms with Crippen LogP contribution in [-0.4, -0.2) is 31.2 Å². The van der Waals surface area contributed by atoms with Gasteiger partial charge in [-0.15, -0.1) is 0 Å². The number of hydrogen-bond acceptors (Lipinski definition) is 5. The Bertz CT molecular complexity index is 1380. The largest absolute Gasteiger partial charge is 0.386 e. The standard InChI is InChI=1S/C13H19N3.C11H10N2O.C8H10/c1-9-5-6-10(2)12(7-9)16-11(3)8-13(14)15-4;1-12-10-4-2-3-9-8(7-14)5-6-13-11(9)10;1-2-8-6-4-3-5-7-8/h5-8,16H,1-4H3,(H2,14,15);2-7,12H,1H3;3-7H,2H2,1H3/b11-8-;;. The molecule has 4 rings (SSSR count). The summed E-state index contributed by atoms with van der Waals surface area (Å²) >= 11 is 0. The number of anilines is 2. The SMILES string of the molecule is CCc1ccccc1.CN=C(N)/C=C(/C)Nc1cc(C)ccc1C.CNc1cccc2c(C=O)ccnc12. The lowest BCUT2D eigenvalue weighted by Gasteiger charge is -2.10. The average molecular weight is 510 g/mol. The first-order chi connectivity index (χ1) is 18.3. The first-order valence-corrected chi connectivity index (χ1v) is 12.6. The summed E-state index contributed by atoms with van der Waals surface area (Å²) in [5.74, 6) is 0.523. The quantitative estimate of drug-likeness (QED) is 0.149. The third-order valence-electron chi connectivity index (χ3n) is 5.80. The number of aryl methyl sites for hydroxylation is 3. The highest BCUT2D eigenvalue weighted by Crippen LogP contribution is 2.22. The van der Waals surface area contributed by atoms with E-state index in [9.17, 15) is 4.79 Å². The number of aliphatic imine (C=N–C) groups is 1. The van der Waals surface area contributed by atoms with Gasteiger partial charge in [-0.25, -0.2) is 0 Å². The second kappa shape index (κ2) is 15.6. The van der Waals surface area contributed by atoms with Gasteiger partial charge in [0.05, 0.1) is 11.2 Å². The Morgan fingerprint density at radius 2 is 1.74 bits per heavy atom. The third kappa shape index (κ3) is 9.21. The summed E-state index contributed by atoms with van der Waals surface area (Å²) in [4.78, 5) is 18.9. The molecule has 0 saturated heterocycles. The number of amidine groups is 1. The molecule has 1 aromatic heterocycles. The lowest BCUT2D eigenvalue weighted by molar-refractivity contribution is 0.112. The molecular weight excluding hydrogens is 470 g/mol. The maximum absolute atomic E-state index is 10.8. The Morgan fingerprint density at radius 3 is 2.34 bits per heavy atom. The maximum Gasteiger partial charge on any atom is 0.150 e. The van der Waals surface area contributed by atoms with E-state index in [0.29, 0.717) is 11.4 Å². The van der Waals surface area contributed by atoms with Crippen LogP contribution in [0.25, 0.3) is 10.9 Å². The van der Waals surface area contributed by atoms with E-state index in [4.69, 9.17) is 5.73 Å². The zero-order valence-electron chi connectivity index (χ0n) is 23.2. The molecule has 0 aliphatic rings. The van der Waals surface area contributed by atoms with Crippen molar-refractivity contribution in [2.45, 2.75) is 34.1 Å². The molecule has 0 aliphatic carbocycles. The summed E-state index contributed by atoms with van der Waals surface area (Å²) in [6.45, 7) is 8.28. The topological polar surface area (TPSA) is 92.4 Å². The molecule has 0 atom stereocenters. The molecule has 4 N–H and O–H groups in total. The molecule has 1 heterocycles. The van der Waals surface area contributed by atoms with Crippen molar-refractivity contribution in [3.63, 3.8) is 0 Å². The van der Waals surface area contributed by atoms with Crippen molar-refractivity contribution >= 4 is 34.4 Å². The average Bonchev–Trinajstić information content (AvgIpc) is 2.95. The molecule has 38 heavy (non-hydrogen) atoms. The van der Waals surface area contributed by atoms with Crippen LogP contribution in [0, 0.1) is 13.8 Å². The molecule has 0 bridgehead atoms. The van der Waals surface area contributed by atoms with E-state index >= 15 is 0 Å². The van der Waals surface area contributed by atoms with Gasteiger partial charge in [0.2, 0.25) is 0 Å². The molecule has 0 unspecified atom stereocenters. The second-order valence-corrected chi connectivity index (χ2v) is 8.73. The van der Waals surface area contributed by atoms with E-state index in [1.807, 2.05) is 44.3 Å². The van der Waals surface area contributed by atoms with E-state index < -0.39 is 0 Å². The van der Waals surface area contributed by atoms with Gasteiger partial charge in [-0.2, -0.15) is 0 Å². The number of nitrogens with one attached hydrogen (secondary N) is 2. The first-order valence-electron chi connectivity index (χ1n) is 12.6. The Kier molecular flexibility index (Phi) is 12.2. The van der Waals surface area contributed by atoms with Gasteiger partial charge in [0.15, 0.2) is 6.29 Å². The van der Waals surface area contributed by atoms with E-state index in [-0.39, 0.29) is 0 Å². The van der Waals surface area contributed by atoms with Gasteiger partial charge in [-0.1, -0.05) is 61.5 Å². The van der Waals surface area contributed by atoms with Crippen LogP contribution in [0.2, 0.25) is 0 Å². The molecule has 6 nitrogen and oxygen atoms in total. The van der Waals surface area contributed by atoms with Crippen molar-refractivity contribution in [3.8, 4) is 0 Å². The third-order valence-corrected chi connectivity index (χ3v) is 5.80. The van der Waals surface area contributed by atoms with Gasteiger partial charge in [-0.05, 0) is 68.2 Å². The number of nitrogens with two attached hydrogens (primary N) is 1. The number of aromatic nitrogens is 1. The van der Waals surface area contributed by atoms with E-state index in [1.165, 1.54) is 16.7 Å². The predicted octanol–water partition coefficient (Wildman–Crippen LogP) is 6.94. The van der Waals surface area contributed by atoms with E-state index in [1.54, 1.807) is 19.3 Å². The fourth-order valence-electron chi connectivity index (χ4n) is 3.62. The van der Waals surface area contributed by atoms with Gasteiger partial charge in [0.1, 0.15) is 5.84 Å². The number of carbonyl (C=O) groups is 1. The van der Waals surface area contributed by atoms with Crippen LogP contribution in [0.4, 0.5) is 11.4 Å². The number of allylic oxidation sites excluding steroid dienone is 1. The van der Waals surface area contributed by atoms with Crippen LogP contribution in [0.15, 0.2) is 95.8 Å². The zero-order valence-corrected chi connectivity index (χ0v) is 23.2. The number of aldehydes is 1. The first kappa shape index (κ1) is 29.8. The predicted molar refractivity (Wildman–Crippen MR) is 163 cm³/mol. The van der Waals surface area contributed by atoms with Gasteiger partial charge >= 0.3 is 0 Å². The number of hydrogen-bond donors (Lipinski definition) is 3. The minimum atomic E-state index is 0.523. The van der Waals surface area contributed by atoms with Crippen molar-refractivity contribution in [1.29, 1.82) is 0 Å². The second-order valence-electron chi connectivity index (χ2n) is 8.73. The molecule has 0 aliphatic heterocycles. The summed E-state index contributed by atoms with van der Waals surface area (Å²) in [5, 5.41) is 7.24. The lowest BCUT2D eigenvalue weighted by atomic mass is 10.1. The summed E-state index contributed by atoms with van der Waals surface area (Å²) in [6.07, 6.45) is 5.46. The maximum atomic E-state index is 10.8. The van der Waals surface area contributed by atoms with Crippen molar-refractivity contribution in [3.05, 3.63) is 113 Å². The number of nitrogens with zero attached hydrogens (tertiary/aromatic N) is 2. The van der Waals surface area contributed by atoms with Crippen molar-refractivity contribution in [2.24, 2.45) is 10.7 Å². The smallest absolute Gasteiger partial charge is 0.150 e. The molecule has 198 valence electrons. The summed E-state index contributed by atoms with van der Waals surface area (Å²) < 4.78 is 0. The Hall–Kier alpha value is -4.45. The monoisotopic (exact) mass is 509 g/mol. The summed E-state index contributed by atoms with van der Waals surface area (Å²) in [5.41, 5.74) is 14.0. The Labute approximate surface area is 226 Å². The lowest BCUT2D eigenvalue weighted by Crippen LogP contribution is -2.10. The van der Waals surface area contributed by atoms with Crippen LogP contribution in [0.5, 0.6) is 0 Å². The van der Waals surface area contributed by atoms with Gasteiger partial charge < -0.3 is 16.4 Å². The molecule has 0 spiro atoms. The molecule has 4 aromatic rings. The van der Waals surface area contributed by atoms with Crippen LogP contribution < -0.4 is 16.4 Å². The Balaban J connectivity index is 0.000000210. The molecule has 0 saturated carbocycles. The molecular formula is C32H39N5O. The van der Waals surface area contributed by atoms with E-state index in [0.717, 1.165) is 40.7 Å². The minimum Gasteiger partial charge on any atom is -0.386 e. The van der Waals surface area contributed by atoms with Gasteiger partial charge in [-0.3, -0.25) is 14.8 Å². The van der Waals surface area contributed by atoms with Gasteiger partial charge in [0, 0.05) is 42.6 Å². The number of para-hydroxylation sites is 1. The van der Waals surface area contributed by atoms with Crippen LogP contribution >= 0.6 is 0 Å². The highest BCUT2D eigenvalue weighted by molar-refractivity contribution is 6.01. The number of pyridine rings is 1. The summed E-state index contributed by atoms with van der Waals surface area (Å²) in [6, 6.07) is 24.2. The van der Waals surface area contributed by atoms with Crippen molar-refractivity contribution in [2.75, 3.05) is 24.7 Å². The number of benzene rings is 3. The number of carbonyl (C=O) groups excluding carboxylic acids is 1. The minimum absolute atomic E-state index is 0.523. The molecule has 0 amide bonds. The molecule has 6 heteroatoms. The molecule has 3 aromatic carbocycles. The van der Waals surface area contributed by atoms with Gasteiger partial charge in [0.25, 0.3) is 0 Å². The fourth-order valence-corrected chi connectivity index (χ4v) is 3.62. The van der Waals surface area contributed by atoms with Crippen LogP contribution in [-0.2, 0) is 6.42 Å². The van der Waals surface area contributed by atoms with Crippen molar-refractivity contribution in [1.82, 2.24) is 4.98 Å². The fraction of sp³-hybridized carbons (Fsp3) is 0.219. The highest BCUT2D eigenvalue weighted by atomic mass is 16.1. The normalized spacial score (nSPS) is 11.0. The van der Waals surface area contributed by atoms with Crippen molar-refractivity contribution < 1.29 is 4.79 Å². The number of rotatable bonds is 6. The van der Waals surface area contributed by atoms with E-state index in [2.05, 4.69) is 83.8 Å². The highest BCUT2D eigenvalue weighted by Gasteiger charge is 2.03. The summed E-state index contributed by atoms with van der Waals surface area (Å²) in [7, 11) is 3.51. The molecule has 0 fully saturated rings. The zero-order chi connectivity index (χ0) is 27.9. The number of fused-ring (bicyclic) bond motifs is 1. The van der Waals surface area contributed by atoms with Crippen LogP contribution in [0.1, 0.15) is 40.9 Å². The Morgan fingerprint density at radius 1 is 1.00 bits per heavy atom. The molecule has 0 radical (unpaired) electrons. The van der Waals surface area contributed by atoms with Crippen LogP contribution in [0.3, 0.4) is 0 Å².